The monoisotopic (exact) mass is 312 g/mol. The zero-order valence-electron chi connectivity index (χ0n) is 12.5. The standard InChI is InChI=1S/C14H24N4O2S/c1-18(12-5-2-3-6-12)10-9-17-21(19,20)14-7-4-8-16-13(14)11-15/h4,7-8,12,17H,2-3,5-6,9-11,15H2,1H3. The van der Waals surface area contributed by atoms with Gasteiger partial charge in [-0.2, -0.15) is 0 Å². The molecule has 0 unspecified atom stereocenters. The first-order valence-electron chi connectivity index (χ1n) is 7.38. The van der Waals surface area contributed by atoms with Crippen molar-refractivity contribution in [3.63, 3.8) is 0 Å². The minimum Gasteiger partial charge on any atom is -0.325 e. The molecule has 1 aromatic rings. The first-order chi connectivity index (χ1) is 10.0. The average Bonchev–Trinajstić information content (AvgIpc) is 3.01. The average molecular weight is 312 g/mol. The van der Waals surface area contributed by atoms with Gasteiger partial charge in [-0.3, -0.25) is 4.98 Å². The number of likely N-dealkylation sites (N-methyl/N-ethyl adjacent to an activating group) is 1. The molecule has 0 aliphatic heterocycles. The van der Waals surface area contributed by atoms with Crippen molar-refractivity contribution in [1.29, 1.82) is 0 Å². The summed E-state index contributed by atoms with van der Waals surface area (Å²) in [7, 11) is -1.49. The van der Waals surface area contributed by atoms with E-state index in [0.717, 1.165) is 0 Å². The summed E-state index contributed by atoms with van der Waals surface area (Å²) in [5, 5.41) is 0. The summed E-state index contributed by atoms with van der Waals surface area (Å²) in [6, 6.07) is 3.74. The van der Waals surface area contributed by atoms with Gasteiger partial charge < -0.3 is 10.6 Å². The Morgan fingerprint density at radius 3 is 2.81 bits per heavy atom. The van der Waals surface area contributed by atoms with Gasteiger partial charge in [0.15, 0.2) is 0 Å². The Balaban J connectivity index is 1.92. The lowest BCUT2D eigenvalue weighted by Gasteiger charge is -2.23. The highest BCUT2D eigenvalue weighted by Gasteiger charge is 2.21. The van der Waals surface area contributed by atoms with E-state index < -0.39 is 10.0 Å². The maximum absolute atomic E-state index is 12.3. The number of aromatic nitrogens is 1. The Labute approximate surface area is 126 Å². The van der Waals surface area contributed by atoms with E-state index in [0.29, 0.717) is 24.8 Å². The molecule has 118 valence electrons. The van der Waals surface area contributed by atoms with E-state index in [2.05, 4.69) is 21.7 Å². The molecule has 0 aromatic carbocycles. The quantitative estimate of drug-likeness (QED) is 0.773. The van der Waals surface area contributed by atoms with Crippen LogP contribution in [0.4, 0.5) is 0 Å². The molecule has 1 aliphatic carbocycles. The normalized spacial score (nSPS) is 16.7. The fourth-order valence-corrected chi connectivity index (χ4v) is 4.00. The van der Waals surface area contributed by atoms with Gasteiger partial charge in [0.2, 0.25) is 10.0 Å². The van der Waals surface area contributed by atoms with Gasteiger partial charge in [0, 0.05) is 31.9 Å². The largest absolute Gasteiger partial charge is 0.325 e. The molecule has 1 aromatic heterocycles. The van der Waals surface area contributed by atoms with Crippen LogP contribution in [0.3, 0.4) is 0 Å². The molecule has 0 atom stereocenters. The van der Waals surface area contributed by atoms with Gasteiger partial charge in [-0.25, -0.2) is 13.1 Å². The summed E-state index contributed by atoms with van der Waals surface area (Å²) in [4.78, 5) is 6.43. The lowest BCUT2D eigenvalue weighted by Crippen LogP contribution is -2.37. The predicted octanol–water partition coefficient (Wildman–Crippen LogP) is 0.693. The maximum Gasteiger partial charge on any atom is 0.242 e. The zero-order valence-corrected chi connectivity index (χ0v) is 13.3. The van der Waals surface area contributed by atoms with Crippen LogP contribution in [0.1, 0.15) is 31.4 Å². The fraction of sp³-hybridized carbons (Fsp3) is 0.643. The molecule has 1 fully saturated rings. The Morgan fingerprint density at radius 2 is 2.14 bits per heavy atom. The van der Waals surface area contributed by atoms with Crippen molar-refractivity contribution < 1.29 is 8.42 Å². The summed E-state index contributed by atoms with van der Waals surface area (Å²) in [5.74, 6) is 0. The minimum atomic E-state index is -3.54. The van der Waals surface area contributed by atoms with E-state index in [1.165, 1.54) is 31.7 Å². The smallest absolute Gasteiger partial charge is 0.242 e. The number of nitrogens with two attached hydrogens (primary N) is 1. The topological polar surface area (TPSA) is 88.3 Å². The minimum absolute atomic E-state index is 0.110. The summed E-state index contributed by atoms with van der Waals surface area (Å²) >= 11 is 0. The molecule has 0 amide bonds. The first kappa shape index (κ1) is 16.4. The van der Waals surface area contributed by atoms with E-state index in [9.17, 15) is 8.42 Å². The zero-order chi connectivity index (χ0) is 15.3. The Hall–Kier alpha value is -1.02. The highest BCUT2D eigenvalue weighted by atomic mass is 32.2. The van der Waals surface area contributed by atoms with E-state index in [1.807, 2.05) is 0 Å². The van der Waals surface area contributed by atoms with Crippen molar-refractivity contribution in [2.24, 2.45) is 5.73 Å². The van der Waals surface area contributed by atoms with Gasteiger partial charge in [-0.1, -0.05) is 12.8 Å². The van der Waals surface area contributed by atoms with Crippen LogP contribution in [-0.2, 0) is 16.6 Å². The molecule has 1 aliphatic rings. The van der Waals surface area contributed by atoms with Crippen LogP contribution in [0.15, 0.2) is 23.2 Å². The van der Waals surface area contributed by atoms with Crippen molar-refractivity contribution in [3.8, 4) is 0 Å². The number of sulfonamides is 1. The second-order valence-corrected chi connectivity index (χ2v) is 7.20. The van der Waals surface area contributed by atoms with Gasteiger partial charge in [0.25, 0.3) is 0 Å². The molecule has 1 heterocycles. The third-order valence-corrected chi connectivity index (χ3v) is 5.57. The van der Waals surface area contributed by atoms with E-state index in [4.69, 9.17) is 5.73 Å². The van der Waals surface area contributed by atoms with Crippen molar-refractivity contribution >= 4 is 10.0 Å². The highest BCUT2D eigenvalue weighted by Crippen LogP contribution is 2.21. The number of rotatable bonds is 7. The van der Waals surface area contributed by atoms with E-state index in [-0.39, 0.29) is 11.4 Å². The highest BCUT2D eigenvalue weighted by molar-refractivity contribution is 7.89. The third-order valence-electron chi connectivity index (χ3n) is 4.04. The number of nitrogens with one attached hydrogen (secondary N) is 1. The van der Waals surface area contributed by atoms with Crippen LogP contribution in [-0.4, -0.2) is 44.5 Å². The molecule has 7 heteroatoms. The first-order valence-corrected chi connectivity index (χ1v) is 8.87. The van der Waals surface area contributed by atoms with Crippen molar-refractivity contribution in [1.82, 2.24) is 14.6 Å². The van der Waals surface area contributed by atoms with Gasteiger partial charge in [-0.05, 0) is 32.0 Å². The summed E-state index contributed by atoms with van der Waals surface area (Å²) in [6.45, 7) is 1.22. The maximum atomic E-state index is 12.3. The molecule has 1 saturated carbocycles. The van der Waals surface area contributed by atoms with Crippen LogP contribution in [0.2, 0.25) is 0 Å². The molecule has 0 radical (unpaired) electrons. The van der Waals surface area contributed by atoms with Gasteiger partial charge in [0.05, 0.1) is 5.69 Å². The van der Waals surface area contributed by atoms with Gasteiger partial charge >= 0.3 is 0 Å². The summed E-state index contributed by atoms with van der Waals surface area (Å²) in [5.41, 5.74) is 5.94. The Morgan fingerprint density at radius 1 is 1.43 bits per heavy atom. The molecule has 0 spiro atoms. The van der Waals surface area contributed by atoms with E-state index >= 15 is 0 Å². The van der Waals surface area contributed by atoms with Crippen LogP contribution in [0, 0.1) is 0 Å². The van der Waals surface area contributed by atoms with Crippen LogP contribution in [0.25, 0.3) is 0 Å². The van der Waals surface area contributed by atoms with Crippen molar-refractivity contribution in [2.45, 2.75) is 43.2 Å². The number of pyridine rings is 1. The molecule has 6 nitrogen and oxygen atoms in total. The number of hydrogen-bond donors (Lipinski definition) is 2. The lowest BCUT2D eigenvalue weighted by atomic mass is 10.2. The van der Waals surface area contributed by atoms with Gasteiger partial charge in [0.1, 0.15) is 4.90 Å². The van der Waals surface area contributed by atoms with Crippen LogP contribution in [0.5, 0.6) is 0 Å². The molecule has 0 saturated heterocycles. The molecular weight excluding hydrogens is 288 g/mol. The van der Waals surface area contributed by atoms with Crippen molar-refractivity contribution in [2.75, 3.05) is 20.1 Å². The van der Waals surface area contributed by atoms with Crippen LogP contribution < -0.4 is 10.5 Å². The predicted molar refractivity (Wildman–Crippen MR) is 82.2 cm³/mol. The van der Waals surface area contributed by atoms with E-state index in [1.54, 1.807) is 12.3 Å². The molecule has 3 N–H and O–H groups in total. The number of nitrogens with zero attached hydrogens (tertiary/aromatic N) is 2. The molecular formula is C14H24N4O2S. The van der Waals surface area contributed by atoms with Crippen molar-refractivity contribution in [3.05, 3.63) is 24.0 Å². The van der Waals surface area contributed by atoms with Gasteiger partial charge in [-0.15, -0.1) is 0 Å². The fourth-order valence-electron chi connectivity index (χ4n) is 2.78. The lowest BCUT2D eigenvalue weighted by molar-refractivity contribution is 0.250. The van der Waals surface area contributed by atoms with Crippen LogP contribution >= 0.6 is 0 Å². The molecule has 0 bridgehead atoms. The number of hydrogen-bond acceptors (Lipinski definition) is 5. The third kappa shape index (κ3) is 4.23. The SMILES string of the molecule is CN(CCNS(=O)(=O)c1cccnc1CN)C1CCCC1. The summed E-state index contributed by atoms with van der Waals surface area (Å²) in [6.07, 6.45) is 6.52. The molecule has 2 rings (SSSR count). The second-order valence-electron chi connectivity index (χ2n) is 5.47. The second kappa shape index (κ2) is 7.31. The Kier molecular flexibility index (Phi) is 5.69. The Bertz CT molecular complexity index is 556. The summed E-state index contributed by atoms with van der Waals surface area (Å²) < 4.78 is 27.2. The molecule has 21 heavy (non-hydrogen) atoms.